The van der Waals surface area contributed by atoms with Crippen LogP contribution in [0, 0.1) is 0 Å². The molecule has 10 heavy (non-hydrogen) atoms. The predicted octanol–water partition coefficient (Wildman–Crippen LogP) is -1.76. The molecule has 1 rings (SSSR count). The number of hydrogen-bond donors (Lipinski definition) is 1. The minimum absolute atomic E-state index is 0.551. The van der Waals surface area contributed by atoms with Gasteiger partial charge in [-0.2, -0.15) is 0 Å². The first kappa shape index (κ1) is 8.78. The molecule has 0 bridgehead atoms. The number of alkyl halides is 2. The summed E-state index contributed by atoms with van der Waals surface area (Å²) in [4.78, 5) is 0. The van der Waals surface area contributed by atoms with Gasteiger partial charge in [-0.3, -0.25) is 0 Å². The Morgan fingerprint density at radius 2 is 2.10 bits per heavy atom. The summed E-state index contributed by atoms with van der Waals surface area (Å²) in [5.74, 6) is 0. The van der Waals surface area contributed by atoms with Gasteiger partial charge in [0.15, 0.2) is 3.92 Å². The van der Waals surface area contributed by atoms with E-state index in [2.05, 4.69) is 19.3 Å². The molecular weight excluding hydrogens is 237 g/mol. The van der Waals surface area contributed by atoms with Crippen LogP contribution in [-0.4, -0.2) is 21.4 Å². The van der Waals surface area contributed by atoms with Crippen molar-refractivity contribution in [1.29, 1.82) is 0 Å². The first-order chi connectivity index (χ1) is 4.83. The van der Waals surface area contributed by atoms with Crippen LogP contribution in [0.5, 0.6) is 0 Å². The largest absolute Gasteiger partial charge is 0.317 e. The molecule has 1 heterocycles. The van der Waals surface area contributed by atoms with E-state index in [0.717, 1.165) is 9.97 Å². The quantitative estimate of drug-likeness (QED) is 0.431. The monoisotopic (exact) mass is 254 g/mol. The van der Waals surface area contributed by atoms with E-state index >= 15 is 0 Å². The summed E-state index contributed by atoms with van der Waals surface area (Å²) in [6, 6.07) is 0.838. The Bertz CT molecular complexity index is 95.3. The summed E-state index contributed by atoms with van der Waals surface area (Å²) in [7, 11) is 2.10. The summed E-state index contributed by atoms with van der Waals surface area (Å²) < 4.78 is 2.61. The van der Waals surface area contributed by atoms with Crippen molar-refractivity contribution in [3.8, 4) is 0 Å². The summed E-state index contributed by atoms with van der Waals surface area (Å²) in [5, 5.41) is 3.38. The van der Waals surface area contributed by atoms with Crippen molar-refractivity contribution in [3.63, 3.8) is 0 Å². The third-order valence-corrected chi connectivity index (χ3v) is 5.52. The molecule has 0 aromatic rings. The van der Waals surface area contributed by atoms with Crippen LogP contribution in [0.25, 0.3) is 0 Å². The molecule has 1 fully saturated rings. The summed E-state index contributed by atoms with van der Waals surface area (Å²) in [6.07, 6.45) is 4.32. The Morgan fingerprint density at radius 3 is 2.80 bits per heavy atom. The van der Waals surface area contributed by atoms with Gasteiger partial charge in [-0.05, 0) is 26.8 Å². The second-order valence-corrected chi connectivity index (χ2v) is 7.06. The molecule has 2 heteroatoms. The van der Waals surface area contributed by atoms with Gasteiger partial charge in [-0.15, -0.1) is 0 Å². The van der Waals surface area contributed by atoms with Gasteiger partial charge in [0.05, 0.1) is 0 Å². The van der Waals surface area contributed by atoms with Gasteiger partial charge >= 0.3 is 0 Å². The van der Waals surface area contributed by atoms with Crippen molar-refractivity contribution in [3.05, 3.63) is 0 Å². The summed E-state index contributed by atoms with van der Waals surface area (Å²) in [6.45, 7) is 2.42. The highest BCUT2D eigenvalue weighted by Gasteiger charge is 2.24. The molecule has 1 saturated heterocycles. The topological polar surface area (TPSA) is 12.0 Å². The van der Waals surface area contributed by atoms with Gasteiger partial charge in [0.1, 0.15) is 4.43 Å². The fourth-order valence-electron chi connectivity index (χ4n) is 1.32. The number of nitrogens with one attached hydrogen (secondary N) is 1. The minimum Gasteiger partial charge on any atom is -0.317 e. The normalized spacial score (nSPS) is 35.4. The molecule has 0 aromatic heterocycles. The number of halogens is 1. The lowest BCUT2D eigenvalue weighted by Crippen LogP contribution is -3.65. The Balaban J connectivity index is 2.26. The van der Waals surface area contributed by atoms with Crippen LogP contribution in [0.2, 0.25) is 0 Å². The molecule has 0 amide bonds. The summed E-state index contributed by atoms with van der Waals surface area (Å²) >= 11 is 0.551. The highest BCUT2D eigenvalue weighted by molar-refractivity contribution is 4.67. The summed E-state index contributed by atoms with van der Waals surface area (Å²) in [5.41, 5.74) is 0. The molecule has 2 atom stereocenters. The molecule has 1 nitrogen and oxygen atoms in total. The maximum absolute atomic E-state index is 3.38. The molecule has 0 saturated carbocycles. The average Bonchev–Trinajstić information content (AvgIpc) is 2.14. The highest BCUT2D eigenvalue weighted by Crippen LogP contribution is 2.02. The van der Waals surface area contributed by atoms with Crippen molar-refractivity contribution < 1.29 is 21.2 Å². The maximum atomic E-state index is 3.38. The molecule has 1 aliphatic rings. The molecular formula is C8H17IN+. The Hall–Kier alpha value is 0.690. The molecule has 0 aromatic carbocycles. The zero-order valence-corrected chi connectivity index (χ0v) is 9.02. The smallest absolute Gasteiger partial charge is 0.271 e. The Kier molecular flexibility index (Phi) is 3.99. The van der Waals surface area contributed by atoms with Crippen LogP contribution in [0.15, 0.2) is 0 Å². The van der Waals surface area contributed by atoms with Crippen molar-refractivity contribution in [2.75, 3.05) is 11.5 Å². The highest BCUT2D eigenvalue weighted by atomic mass is 127. The van der Waals surface area contributed by atoms with Gasteiger partial charge in [-0.25, -0.2) is 0 Å². The van der Waals surface area contributed by atoms with Gasteiger partial charge in [-0.1, -0.05) is 0 Å². The first-order valence-electron chi connectivity index (χ1n) is 4.08. The third kappa shape index (κ3) is 2.74. The Morgan fingerprint density at radius 1 is 1.30 bits per heavy atom. The molecule has 0 aliphatic carbocycles. The van der Waals surface area contributed by atoms with Gasteiger partial charge in [0.25, 0.3) is 21.2 Å². The minimum atomic E-state index is 0.551. The lowest BCUT2D eigenvalue weighted by Gasteiger charge is -2.09. The van der Waals surface area contributed by atoms with Crippen LogP contribution in [0.3, 0.4) is 0 Å². The van der Waals surface area contributed by atoms with E-state index in [1.807, 2.05) is 0 Å². The van der Waals surface area contributed by atoms with E-state index in [9.17, 15) is 0 Å². The van der Waals surface area contributed by atoms with Crippen LogP contribution < -0.4 is 26.5 Å². The fraction of sp³-hybridized carbons (Fsp3) is 1.00. The number of hydrogen-bond acceptors (Lipinski definition) is 1. The lowest BCUT2D eigenvalue weighted by molar-refractivity contribution is -0.684. The Labute approximate surface area is 74.2 Å². The van der Waals surface area contributed by atoms with Gasteiger partial charge in [0.2, 0.25) is 0 Å². The first-order valence-corrected chi connectivity index (χ1v) is 6.85. The standard InChI is InChI=1S/C8H17IN/c1-7-3-4-8(10-2)5-6-9-7/h7-8,10H,3-6H2,1-2H3/q+1. The van der Waals surface area contributed by atoms with Gasteiger partial charge < -0.3 is 5.32 Å². The van der Waals surface area contributed by atoms with E-state index in [4.69, 9.17) is 0 Å². The van der Waals surface area contributed by atoms with E-state index in [-0.39, 0.29) is 0 Å². The van der Waals surface area contributed by atoms with Crippen LogP contribution in [0.1, 0.15) is 26.2 Å². The molecule has 0 spiro atoms. The fourth-order valence-corrected chi connectivity index (χ4v) is 4.30. The van der Waals surface area contributed by atoms with E-state index < -0.39 is 0 Å². The second-order valence-electron chi connectivity index (χ2n) is 2.98. The van der Waals surface area contributed by atoms with E-state index in [1.165, 1.54) is 23.7 Å². The zero-order chi connectivity index (χ0) is 7.40. The second kappa shape index (κ2) is 4.54. The van der Waals surface area contributed by atoms with Crippen LogP contribution >= 0.6 is 0 Å². The molecule has 1 aliphatic heterocycles. The van der Waals surface area contributed by atoms with Crippen LogP contribution in [-0.2, 0) is 0 Å². The maximum Gasteiger partial charge on any atom is 0.271 e. The number of rotatable bonds is 1. The third-order valence-electron chi connectivity index (χ3n) is 2.15. The average molecular weight is 254 g/mol. The SMILES string of the molecule is CNC1CC[I+]C(C)CC1. The lowest BCUT2D eigenvalue weighted by atomic mass is 10.1. The molecule has 1 N–H and O–H groups in total. The molecule has 2 unspecified atom stereocenters. The molecule has 0 radical (unpaired) electrons. The van der Waals surface area contributed by atoms with E-state index in [1.54, 1.807) is 0 Å². The van der Waals surface area contributed by atoms with Crippen LogP contribution in [0.4, 0.5) is 0 Å². The van der Waals surface area contributed by atoms with Crippen molar-refractivity contribution in [1.82, 2.24) is 5.32 Å². The zero-order valence-electron chi connectivity index (χ0n) is 6.86. The van der Waals surface area contributed by atoms with Crippen molar-refractivity contribution in [2.24, 2.45) is 0 Å². The van der Waals surface area contributed by atoms with Gasteiger partial charge in [0, 0.05) is 12.5 Å². The van der Waals surface area contributed by atoms with Crippen molar-refractivity contribution >= 4 is 0 Å². The van der Waals surface area contributed by atoms with Crippen molar-refractivity contribution in [2.45, 2.75) is 36.2 Å². The predicted molar refractivity (Wildman–Crippen MR) is 41.0 cm³/mol. The van der Waals surface area contributed by atoms with E-state index in [0.29, 0.717) is 21.2 Å². The molecule has 60 valence electrons.